The summed E-state index contributed by atoms with van der Waals surface area (Å²) in [6.07, 6.45) is 8.88. The van der Waals surface area contributed by atoms with Crippen LogP contribution in [0.25, 0.3) is 11.0 Å². The predicted molar refractivity (Wildman–Crippen MR) is 68.6 cm³/mol. The van der Waals surface area contributed by atoms with E-state index < -0.39 is 0 Å². The van der Waals surface area contributed by atoms with Gasteiger partial charge in [0, 0.05) is 25.0 Å². The Balaban J connectivity index is 1.79. The maximum atomic E-state index is 4.42. The van der Waals surface area contributed by atoms with E-state index in [2.05, 4.69) is 27.4 Å². The summed E-state index contributed by atoms with van der Waals surface area (Å²) in [5.41, 5.74) is 3.27. The van der Waals surface area contributed by atoms with Crippen LogP contribution in [0, 0.1) is 0 Å². The first-order chi connectivity index (χ1) is 8.43. The van der Waals surface area contributed by atoms with Crippen molar-refractivity contribution in [3.8, 4) is 0 Å². The fourth-order valence-electron chi connectivity index (χ4n) is 2.58. The van der Waals surface area contributed by atoms with Crippen LogP contribution in [0.2, 0.25) is 0 Å². The summed E-state index contributed by atoms with van der Waals surface area (Å²) in [4.78, 5) is 8.76. The second-order valence-electron chi connectivity index (χ2n) is 4.70. The van der Waals surface area contributed by atoms with Crippen molar-refractivity contribution >= 4 is 11.0 Å². The topological polar surface area (TPSA) is 37.8 Å². The average Bonchev–Trinajstić information content (AvgIpc) is 2.89. The molecule has 0 atom stereocenters. The van der Waals surface area contributed by atoms with Gasteiger partial charge in [0.2, 0.25) is 0 Å². The molecule has 1 aromatic carbocycles. The molecule has 88 valence electrons. The van der Waals surface area contributed by atoms with E-state index in [4.69, 9.17) is 0 Å². The van der Waals surface area contributed by atoms with Gasteiger partial charge in [-0.3, -0.25) is 9.97 Å². The predicted octanol–water partition coefficient (Wildman–Crippen LogP) is 2.66. The van der Waals surface area contributed by atoms with Gasteiger partial charge in [0.05, 0.1) is 11.0 Å². The number of aromatic nitrogens is 2. The highest BCUT2D eigenvalue weighted by molar-refractivity contribution is 5.77. The molecule has 3 rings (SSSR count). The average molecular weight is 227 g/mol. The summed E-state index contributed by atoms with van der Waals surface area (Å²) < 4.78 is 0. The van der Waals surface area contributed by atoms with Crippen LogP contribution >= 0.6 is 0 Å². The molecule has 3 nitrogen and oxygen atoms in total. The van der Waals surface area contributed by atoms with Gasteiger partial charge in [0.15, 0.2) is 0 Å². The van der Waals surface area contributed by atoms with Gasteiger partial charge in [0.25, 0.3) is 0 Å². The Morgan fingerprint density at radius 3 is 2.82 bits per heavy atom. The number of hydrogen-bond acceptors (Lipinski definition) is 3. The van der Waals surface area contributed by atoms with Crippen molar-refractivity contribution in [1.29, 1.82) is 0 Å². The third kappa shape index (κ3) is 2.29. The van der Waals surface area contributed by atoms with Gasteiger partial charge in [-0.15, -0.1) is 0 Å². The van der Waals surface area contributed by atoms with E-state index in [1.807, 2.05) is 6.07 Å². The molecule has 1 fully saturated rings. The molecule has 0 spiro atoms. The van der Waals surface area contributed by atoms with Gasteiger partial charge in [-0.1, -0.05) is 25.0 Å². The lowest BCUT2D eigenvalue weighted by molar-refractivity contribution is 0.525. The quantitative estimate of drug-likeness (QED) is 0.876. The number of benzene rings is 1. The second kappa shape index (κ2) is 4.80. The van der Waals surface area contributed by atoms with Crippen molar-refractivity contribution in [2.45, 2.75) is 38.3 Å². The molecule has 0 saturated heterocycles. The van der Waals surface area contributed by atoms with Crippen molar-refractivity contribution < 1.29 is 0 Å². The number of rotatable bonds is 3. The molecule has 1 aromatic heterocycles. The van der Waals surface area contributed by atoms with Crippen LogP contribution in [0.15, 0.2) is 30.6 Å². The zero-order valence-corrected chi connectivity index (χ0v) is 9.89. The molecule has 1 N–H and O–H groups in total. The Labute approximate surface area is 101 Å². The van der Waals surface area contributed by atoms with Gasteiger partial charge in [-0.05, 0) is 24.5 Å². The zero-order chi connectivity index (χ0) is 11.5. The SMILES string of the molecule is c1cc(CNC2CCCC2)c2nccnc2c1. The Hall–Kier alpha value is -1.48. The van der Waals surface area contributed by atoms with Gasteiger partial charge >= 0.3 is 0 Å². The van der Waals surface area contributed by atoms with E-state index in [1.165, 1.54) is 31.2 Å². The second-order valence-corrected chi connectivity index (χ2v) is 4.70. The van der Waals surface area contributed by atoms with E-state index in [1.54, 1.807) is 12.4 Å². The molecular formula is C14H17N3. The van der Waals surface area contributed by atoms with E-state index >= 15 is 0 Å². The van der Waals surface area contributed by atoms with Crippen LogP contribution in [-0.2, 0) is 6.54 Å². The van der Waals surface area contributed by atoms with E-state index in [0.717, 1.165) is 17.6 Å². The molecule has 0 amide bonds. The van der Waals surface area contributed by atoms with E-state index in [9.17, 15) is 0 Å². The summed E-state index contributed by atoms with van der Waals surface area (Å²) in [5, 5.41) is 3.62. The fraction of sp³-hybridized carbons (Fsp3) is 0.429. The van der Waals surface area contributed by atoms with Crippen molar-refractivity contribution in [2.24, 2.45) is 0 Å². The smallest absolute Gasteiger partial charge is 0.0931 e. The van der Waals surface area contributed by atoms with Crippen LogP contribution in [0.3, 0.4) is 0 Å². The molecule has 0 bridgehead atoms. The fourth-order valence-corrected chi connectivity index (χ4v) is 2.58. The molecule has 1 heterocycles. The molecule has 1 aliphatic carbocycles. The van der Waals surface area contributed by atoms with Gasteiger partial charge in [-0.2, -0.15) is 0 Å². The Kier molecular flexibility index (Phi) is 3.01. The normalized spacial score (nSPS) is 16.7. The van der Waals surface area contributed by atoms with Crippen LogP contribution in [0.4, 0.5) is 0 Å². The largest absolute Gasteiger partial charge is 0.310 e. The molecule has 1 aliphatic rings. The summed E-state index contributed by atoms with van der Waals surface area (Å²) in [6.45, 7) is 0.903. The highest BCUT2D eigenvalue weighted by Crippen LogP contribution is 2.19. The monoisotopic (exact) mass is 227 g/mol. The molecular weight excluding hydrogens is 210 g/mol. The molecule has 2 aromatic rings. The first-order valence-corrected chi connectivity index (χ1v) is 6.35. The Morgan fingerprint density at radius 2 is 1.94 bits per heavy atom. The molecule has 1 saturated carbocycles. The number of nitrogens with zero attached hydrogens (tertiary/aromatic N) is 2. The Morgan fingerprint density at radius 1 is 1.12 bits per heavy atom. The minimum Gasteiger partial charge on any atom is -0.310 e. The zero-order valence-electron chi connectivity index (χ0n) is 9.89. The Bertz CT molecular complexity index is 498. The first kappa shape index (κ1) is 10.7. The van der Waals surface area contributed by atoms with Gasteiger partial charge in [0.1, 0.15) is 0 Å². The van der Waals surface area contributed by atoms with Crippen LogP contribution < -0.4 is 5.32 Å². The molecule has 3 heteroatoms. The van der Waals surface area contributed by atoms with Gasteiger partial charge in [-0.25, -0.2) is 0 Å². The van der Waals surface area contributed by atoms with Crippen molar-refractivity contribution in [3.05, 3.63) is 36.2 Å². The maximum Gasteiger partial charge on any atom is 0.0931 e. The van der Waals surface area contributed by atoms with Crippen LogP contribution in [-0.4, -0.2) is 16.0 Å². The number of nitrogens with one attached hydrogen (secondary N) is 1. The summed E-state index contributed by atoms with van der Waals surface area (Å²) >= 11 is 0. The summed E-state index contributed by atoms with van der Waals surface area (Å²) in [7, 11) is 0. The third-order valence-corrected chi connectivity index (χ3v) is 3.52. The summed E-state index contributed by atoms with van der Waals surface area (Å²) in [6, 6.07) is 6.91. The maximum absolute atomic E-state index is 4.42. The van der Waals surface area contributed by atoms with Crippen LogP contribution in [0.5, 0.6) is 0 Å². The lowest BCUT2D eigenvalue weighted by Crippen LogP contribution is -2.25. The standard InChI is InChI=1S/C14H17N3/c1-2-6-12(5-1)17-10-11-4-3-7-13-14(11)16-9-8-15-13/h3-4,7-9,12,17H,1-2,5-6,10H2. The van der Waals surface area contributed by atoms with E-state index in [-0.39, 0.29) is 0 Å². The van der Waals surface area contributed by atoms with Gasteiger partial charge < -0.3 is 5.32 Å². The molecule has 0 aliphatic heterocycles. The lowest BCUT2D eigenvalue weighted by Gasteiger charge is -2.12. The van der Waals surface area contributed by atoms with Crippen molar-refractivity contribution in [2.75, 3.05) is 0 Å². The summed E-state index contributed by atoms with van der Waals surface area (Å²) in [5.74, 6) is 0. The molecule has 0 radical (unpaired) electrons. The molecule has 0 unspecified atom stereocenters. The van der Waals surface area contributed by atoms with Crippen molar-refractivity contribution in [3.63, 3.8) is 0 Å². The lowest BCUT2D eigenvalue weighted by atomic mass is 10.1. The number of fused-ring (bicyclic) bond motifs is 1. The number of hydrogen-bond donors (Lipinski definition) is 1. The molecule has 17 heavy (non-hydrogen) atoms. The minimum atomic E-state index is 0.696. The highest BCUT2D eigenvalue weighted by atomic mass is 14.9. The highest BCUT2D eigenvalue weighted by Gasteiger charge is 2.14. The first-order valence-electron chi connectivity index (χ1n) is 6.35. The number of para-hydroxylation sites is 1. The van der Waals surface area contributed by atoms with Crippen molar-refractivity contribution in [1.82, 2.24) is 15.3 Å². The van der Waals surface area contributed by atoms with Crippen LogP contribution in [0.1, 0.15) is 31.2 Å². The third-order valence-electron chi connectivity index (χ3n) is 3.52. The van der Waals surface area contributed by atoms with E-state index in [0.29, 0.717) is 6.04 Å². The minimum absolute atomic E-state index is 0.696.